The Labute approximate surface area is 127 Å². The third-order valence-corrected chi connectivity index (χ3v) is 6.88. The van der Waals surface area contributed by atoms with E-state index in [0.29, 0.717) is 5.92 Å². The highest BCUT2D eigenvalue weighted by Gasteiger charge is 2.54. The standard InChI is InChI=1S/C19H26O2/c1-19-10-9-15-14-6-4-13(21-2)11-12(14)3-5-16(15)17(19)7-8-18(19)20/h4,6,11,15-18,20H,3,5,7-10H2,1-2H3/t15-,16-,17-,18-,19+/m0/s1. The maximum atomic E-state index is 10.4. The van der Waals surface area contributed by atoms with Crippen LogP contribution in [0.25, 0.3) is 0 Å². The Hall–Kier alpha value is -1.02. The van der Waals surface area contributed by atoms with E-state index in [2.05, 4.69) is 25.1 Å². The van der Waals surface area contributed by atoms with Crippen LogP contribution in [0.3, 0.4) is 0 Å². The molecule has 114 valence electrons. The fraction of sp³-hybridized carbons (Fsp3) is 0.684. The molecule has 4 rings (SSSR count). The summed E-state index contributed by atoms with van der Waals surface area (Å²) in [5, 5.41) is 10.4. The van der Waals surface area contributed by atoms with Gasteiger partial charge in [-0.3, -0.25) is 0 Å². The van der Waals surface area contributed by atoms with E-state index in [1.807, 2.05) is 0 Å². The predicted molar refractivity (Wildman–Crippen MR) is 83.6 cm³/mol. The molecule has 21 heavy (non-hydrogen) atoms. The number of hydrogen-bond acceptors (Lipinski definition) is 2. The van der Waals surface area contributed by atoms with Crippen molar-refractivity contribution in [2.24, 2.45) is 17.3 Å². The van der Waals surface area contributed by atoms with Gasteiger partial charge in [-0.15, -0.1) is 0 Å². The fourth-order valence-electron chi connectivity index (χ4n) is 5.66. The monoisotopic (exact) mass is 286 g/mol. The normalized spacial score (nSPS) is 41.1. The van der Waals surface area contributed by atoms with Crippen LogP contribution in [0.1, 0.15) is 56.1 Å². The zero-order valence-electron chi connectivity index (χ0n) is 13.1. The van der Waals surface area contributed by atoms with E-state index < -0.39 is 0 Å². The Morgan fingerprint density at radius 1 is 1.19 bits per heavy atom. The van der Waals surface area contributed by atoms with E-state index >= 15 is 0 Å². The molecule has 5 atom stereocenters. The summed E-state index contributed by atoms with van der Waals surface area (Å²) in [7, 11) is 1.75. The van der Waals surface area contributed by atoms with E-state index in [1.54, 1.807) is 12.7 Å². The van der Waals surface area contributed by atoms with Gasteiger partial charge in [-0.25, -0.2) is 0 Å². The minimum absolute atomic E-state index is 0.0688. The summed E-state index contributed by atoms with van der Waals surface area (Å²) in [5.74, 6) is 3.20. The van der Waals surface area contributed by atoms with E-state index in [9.17, 15) is 5.11 Å². The van der Waals surface area contributed by atoms with Gasteiger partial charge in [-0.05, 0) is 85.0 Å². The number of aryl methyl sites for hydroxylation is 1. The lowest BCUT2D eigenvalue weighted by Gasteiger charge is -2.50. The molecule has 1 aromatic carbocycles. The number of ether oxygens (including phenoxy) is 1. The highest BCUT2D eigenvalue weighted by Crippen LogP contribution is 2.60. The zero-order chi connectivity index (χ0) is 14.6. The van der Waals surface area contributed by atoms with Crippen molar-refractivity contribution < 1.29 is 9.84 Å². The molecule has 0 aromatic heterocycles. The minimum Gasteiger partial charge on any atom is -0.497 e. The molecule has 0 heterocycles. The smallest absolute Gasteiger partial charge is 0.119 e. The van der Waals surface area contributed by atoms with Crippen LogP contribution < -0.4 is 4.74 Å². The molecule has 0 bridgehead atoms. The van der Waals surface area contributed by atoms with Crippen molar-refractivity contribution in [3.05, 3.63) is 29.3 Å². The molecule has 1 N–H and O–H groups in total. The van der Waals surface area contributed by atoms with Gasteiger partial charge < -0.3 is 9.84 Å². The number of aliphatic hydroxyl groups is 1. The Kier molecular flexibility index (Phi) is 3.08. The molecule has 0 radical (unpaired) electrons. The molecule has 0 amide bonds. The van der Waals surface area contributed by atoms with Crippen molar-refractivity contribution in [2.45, 2.75) is 57.5 Å². The second kappa shape index (κ2) is 4.74. The minimum atomic E-state index is -0.0688. The summed E-state index contributed by atoms with van der Waals surface area (Å²) in [6, 6.07) is 6.67. The van der Waals surface area contributed by atoms with Crippen LogP contribution >= 0.6 is 0 Å². The number of benzene rings is 1. The van der Waals surface area contributed by atoms with Gasteiger partial charge in [0.05, 0.1) is 13.2 Å². The molecule has 1 aromatic rings. The number of fused-ring (bicyclic) bond motifs is 5. The van der Waals surface area contributed by atoms with Crippen LogP contribution in [0.4, 0.5) is 0 Å². The topological polar surface area (TPSA) is 29.5 Å². The average Bonchev–Trinajstić information content (AvgIpc) is 2.82. The van der Waals surface area contributed by atoms with Gasteiger partial charge >= 0.3 is 0 Å². The number of aliphatic hydroxyl groups excluding tert-OH is 1. The van der Waals surface area contributed by atoms with Gasteiger partial charge in [0.2, 0.25) is 0 Å². The molecule has 2 nitrogen and oxygen atoms in total. The average molecular weight is 286 g/mol. The van der Waals surface area contributed by atoms with Gasteiger partial charge in [0.15, 0.2) is 0 Å². The molecular weight excluding hydrogens is 260 g/mol. The summed E-state index contributed by atoms with van der Waals surface area (Å²) >= 11 is 0. The van der Waals surface area contributed by atoms with Gasteiger partial charge in [-0.2, -0.15) is 0 Å². The second-order valence-electron chi connectivity index (χ2n) is 7.62. The molecule has 2 heteroatoms. The molecule has 0 spiro atoms. The number of hydrogen-bond donors (Lipinski definition) is 1. The fourth-order valence-corrected chi connectivity index (χ4v) is 5.66. The van der Waals surface area contributed by atoms with Gasteiger partial charge in [0.1, 0.15) is 5.75 Å². The molecule has 3 aliphatic rings. The predicted octanol–water partition coefficient (Wildman–Crippen LogP) is 3.91. The first-order valence-electron chi connectivity index (χ1n) is 8.48. The highest BCUT2D eigenvalue weighted by molar-refractivity contribution is 5.40. The highest BCUT2D eigenvalue weighted by atomic mass is 16.5. The quantitative estimate of drug-likeness (QED) is 0.848. The molecular formula is C19H26O2. The first-order chi connectivity index (χ1) is 10.1. The van der Waals surface area contributed by atoms with Crippen molar-refractivity contribution in [2.75, 3.05) is 7.11 Å². The summed E-state index contributed by atoms with van der Waals surface area (Å²) in [4.78, 5) is 0. The maximum absolute atomic E-state index is 10.4. The van der Waals surface area contributed by atoms with Gasteiger partial charge in [0.25, 0.3) is 0 Å². The van der Waals surface area contributed by atoms with Crippen LogP contribution in [-0.2, 0) is 6.42 Å². The van der Waals surface area contributed by atoms with Crippen LogP contribution in [0.5, 0.6) is 5.75 Å². The second-order valence-corrected chi connectivity index (χ2v) is 7.62. The van der Waals surface area contributed by atoms with Crippen LogP contribution in [0.15, 0.2) is 18.2 Å². The number of rotatable bonds is 1. The third-order valence-electron chi connectivity index (χ3n) is 6.88. The Balaban J connectivity index is 1.68. The third kappa shape index (κ3) is 1.88. The van der Waals surface area contributed by atoms with Crippen molar-refractivity contribution in [1.29, 1.82) is 0 Å². The van der Waals surface area contributed by atoms with Crippen LogP contribution in [0.2, 0.25) is 0 Å². The molecule has 0 saturated heterocycles. The molecule has 0 unspecified atom stereocenters. The zero-order valence-corrected chi connectivity index (χ0v) is 13.1. The number of methoxy groups -OCH3 is 1. The summed E-state index contributed by atoms with van der Waals surface area (Å²) in [6.45, 7) is 2.34. The summed E-state index contributed by atoms with van der Waals surface area (Å²) in [6.07, 6.45) is 7.07. The Morgan fingerprint density at radius 2 is 2.05 bits per heavy atom. The van der Waals surface area contributed by atoms with Crippen molar-refractivity contribution in [1.82, 2.24) is 0 Å². The molecule has 3 aliphatic carbocycles. The van der Waals surface area contributed by atoms with Gasteiger partial charge in [-0.1, -0.05) is 13.0 Å². The largest absolute Gasteiger partial charge is 0.497 e. The lowest BCUT2D eigenvalue weighted by molar-refractivity contribution is -0.0226. The van der Waals surface area contributed by atoms with Crippen LogP contribution in [0, 0.1) is 17.3 Å². The molecule has 0 aliphatic heterocycles. The summed E-state index contributed by atoms with van der Waals surface area (Å²) < 4.78 is 5.38. The van der Waals surface area contributed by atoms with Gasteiger partial charge in [0, 0.05) is 0 Å². The van der Waals surface area contributed by atoms with E-state index in [-0.39, 0.29) is 11.5 Å². The Bertz CT molecular complexity index is 552. The SMILES string of the molecule is COc1ccc2c(c1)CC[C@H]1[C@H]2CC[C@@]2(C)[C@@H](O)CC[C@@H]12. The van der Waals surface area contributed by atoms with Crippen LogP contribution in [-0.4, -0.2) is 18.3 Å². The van der Waals surface area contributed by atoms with Crippen molar-refractivity contribution >= 4 is 0 Å². The van der Waals surface area contributed by atoms with Crippen molar-refractivity contribution in [3.8, 4) is 5.75 Å². The van der Waals surface area contributed by atoms with Crippen molar-refractivity contribution in [3.63, 3.8) is 0 Å². The first-order valence-corrected chi connectivity index (χ1v) is 8.48. The first kappa shape index (κ1) is 13.6. The van der Waals surface area contributed by atoms with E-state index in [0.717, 1.165) is 24.0 Å². The lowest BCUT2D eigenvalue weighted by Crippen LogP contribution is -2.43. The van der Waals surface area contributed by atoms with E-state index in [1.165, 1.54) is 37.7 Å². The maximum Gasteiger partial charge on any atom is 0.119 e. The Morgan fingerprint density at radius 3 is 2.86 bits per heavy atom. The molecule has 2 saturated carbocycles. The van der Waals surface area contributed by atoms with E-state index in [4.69, 9.17) is 4.74 Å². The lowest BCUT2D eigenvalue weighted by atomic mass is 9.55. The summed E-state index contributed by atoms with van der Waals surface area (Å²) in [5.41, 5.74) is 3.25. The molecule has 2 fully saturated rings.